The van der Waals surface area contributed by atoms with Crippen LogP contribution in [0, 0.1) is 5.92 Å². The minimum absolute atomic E-state index is 0.0282. The molecule has 2 rings (SSSR count). The van der Waals surface area contributed by atoms with E-state index in [1.807, 2.05) is 55.0 Å². The molecule has 1 aromatic heterocycles. The van der Waals surface area contributed by atoms with Crippen molar-refractivity contribution in [1.82, 2.24) is 24.7 Å². The van der Waals surface area contributed by atoms with Crippen molar-refractivity contribution in [2.75, 3.05) is 79.5 Å². The maximum atomic E-state index is 12.7. The van der Waals surface area contributed by atoms with Crippen LogP contribution in [-0.4, -0.2) is 111 Å². The van der Waals surface area contributed by atoms with Crippen LogP contribution in [0.25, 0.3) is 0 Å². The van der Waals surface area contributed by atoms with Gasteiger partial charge in [-0.15, -0.1) is 0 Å². The fourth-order valence-corrected chi connectivity index (χ4v) is 3.38. The monoisotopic (exact) mass is 418 g/mol. The molecule has 2 amide bonds. The molecule has 1 fully saturated rings. The smallest absolute Gasteiger partial charge is 0.248 e. The molecule has 0 spiro atoms. The molecule has 166 valence electrons. The minimum Gasteiger partial charge on any atom is -0.375 e. The first-order chi connectivity index (χ1) is 14.3. The quantitative estimate of drug-likeness (QED) is 0.555. The van der Waals surface area contributed by atoms with E-state index in [1.54, 1.807) is 17.3 Å². The Kier molecular flexibility index (Phi) is 9.19. The lowest BCUT2D eigenvalue weighted by Gasteiger charge is -2.24. The summed E-state index contributed by atoms with van der Waals surface area (Å²) in [6.07, 6.45) is 5.70. The van der Waals surface area contributed by atoms with Crippen LogP contribution in [0.15, 0.2) is 24.5 Å². The Morgan fingerprint density at radius 2 is 1.87 bits per heavy atom. The zero-order valence-corrected chi connectivity index (χ0v) is 18.7. The number of likely N-dealkylation sites (N-methyl/N-ethyl adjacent to an activating group) is 1. The van der Waals surface area contributed by atoms with Gasteiger partial charge in [0.1, 0.15) is 18.8 Å². The molecule has 1 unspecified atom stereocenters. The molecule has 1 saturated heterocycles. The topological polar surface area (TPSA) is 82.1 Å². The molecule has 1 atom stereocenters. The summed E-state index contributed by atoms with van der Waals surface area (Å²) in [5, 5.41) is 0. The SMILES string of the molecule is COCC(=O)N1CCN(C(=O)/C=C/CN(C)C)CC(Cc2cc(N(C)C)ncn2)C1. The third kappa shape index (κ3) is 7.38. The average Bonchev–Trinajstić information content (AvgIpc) is 2.91. The van der Waals surface area contributed by atoms with Crippen molar-refractivity contribution < 1.29 is 14.3 Å². The molecule has 9 nitrogen and oxygen atoms in total. The van der Waals surface area contributed by atoms with Gasteiger partial charge in [-0.3, -0.25) is 9.59 Å². The normalized spacial score (nSPS) is 17.5. The second kappa shape index (κ2) is 11.6. The zero-order valence-electron chi connectivity index (χ0n) is 18.7. The Bertz CT molecular complexity index is 737. The van der Waals surface area contributed by atoms with E-state index in [9.17, 15) is 9.59 Å². The number of hydrogen-bond acceptors (Lipinski definition) is 7. The first-order valence-corrected chi connectivity index (χ1v) is 10.1. The Morgan fingerprint density at radius 3 is 2.53 bits per heavy atom. The van der Waals surface area contributed by atoms with Crippen molar-refractivity contribution in [3.8, 4) is 0 Å². The predicted molar refractivity (Wildman–Crippen MR) is 116 cm³/mol. The van der Waals surface area contributed by atoms with Gasteiger partial charge in [0.25, 0.3) is 0 Å². The molecule has 1 aromatic rings. The summed E-state index contributed by atoms with van der Waals surface area (Å²) in [5.41, 5.74) is 0.898. The molecule has 0 aromatic carbocycles. The molecule has 2 heterocycles. The van der Waals surface area contributed by atoms with Gasteiger partial charge in [-0.2, -0.15) is 0 Å². The van der Waals surface area contributed by atoms with Crippen molar-refractivity contribution in [3.63, 3.8) is 0 Å². The van der Waals surface area contributed by atoms with Gasteiger partial charge in [-0.25, -0.2) is 9.97 Å². The standard InChI is InChI=1S/C21H34N6O3/c1-24(2)8-6-7-20(28)26-9-10-27(21(29)15-30-5)14-17(13-26)11-18-12-19(25(3)4)23-16-22-18/h6-7,12,16-17H,8-11,13-15H2,1-5H3/b7-6+. The number of carbonyl (C=O) groups is 2. The molecule has 1 aliphatic rings. The summed E-state index contributed by atoms with van der Waals surface area (Å²) in [6, 6.07) is 1.95. The highest BCUT2D eigenvalue weighted by Gasteiger charge is 2.28. The molecule has 9 heteroatoms. The van der Waals surface area contributed by atoms with Crippen LogP contribution in [-0.2, 0) is 20.7 Å². The van der Waals surface area contributed by atoms with Gasteiger partial charge in [0.2, 0.25) is 11.8 Å². The van der Waals surface area contributed by atoms with Crippen LogP contribution in [0.3, 0.4) is 0 Å². The molecule has 0 N–H and O–H groups in total. The van der Waals surface area contributed by atoms with E-state index in [0.717, 1.165) is 11.5 Å². The fraction of sp³-hybridized carbons (Fsp3) is 0.619. The van der Waals surface area contributed by atoms with Gasteiger partial charge < -0.3 is 24.3 Å². The Morgan fingerprint density at radius 1 is 1.17 bits per heavy atom. The largest absolute Gasteiger partial charge is 0.375 e. The van der Waals surface area contributed by atoms with Gasteiger partial charge in [0.15, 0.2) is 0 Å². The second-order valence-corrected chi connectivity index (χ2v) is 8.05. The van der Waals surface area contributed by atoms with Gasteiger partial charge in [-0.1, -0.05) is 6.08 Å². The molecular formula is C21H34N6O3. The number of ether oxygens (including phenoxy) is 1. The van der Waals surface area contributed by atoms with Crippen LogP contribution in [0.4, 0.5) is 5.82 Å². The summed E-state index contributed by atoms with van der Waals surface area (Å²) in [4.78, 5) is 41.4. The summed E-state index contributed by atoms with van der Waals surface area (Å²) < 4.78 is 5.03. The van der Waals surface area contributed by atoms with E-state index in [1.165, 1.54) is 7.11 Å². The van der Waals surface area contributed by atoms with E-state index in [2.05, 4.69) is 9.97 Å². The van der Waals surface area contributed by atoms with Crippen molar-refractivity contribution >= 4 is 17.6 Å². The van der Waals surface area contributed by atoms with Crippen molar-refractivity contribution in [2.45, 2.75) is 6.42 Å². The molecule has 30 heavy (non-hydrogen) atoms. The number of anilines is 1. The number of amides is 2. The molecule has 0 bridgehead atoms. The highest BCUT2D eigenvalue weighted by Crippen LogP contribution is 2.17. The molecule has 0 aliphatic carbocycles. The Balaban J connectivity index is 2.16. The molecular weight excluding hydrogens is 384 g/mol. The number of methoxy groups -OCH3 is 1. The first kappa shape index (κ1) is 23.8. The van der Waals surface area contributed by atoms with Crippen LogP contribution >= 0.6 is 0 Å². The van der Waals surface area contributed by atoms with E-state index in [-0.39, 0.29) is 24.3 Å². The van der Waals surface area contributed by atoms with Crippen molar-refractivity contribution in [1.29, 1.82) is 0 Å². The minimum atomic E-state index is -0.0587. The third-order valence-electron chi connectivity index (χ3n) is 4.93. The van der Waals surface area contributed by atoms with Crippen molar-refractivity contribution in [2.24, 2.45) is 5.92 Å². The number of rotatable bonds is 8. The highest BCUT2D eigenvalue weighted by molar-refractivity contribution is 5.87. The lowest BCUT2D eigenvalue weighted by molar-refractivity contribution is -0.135. The summed E-state index contributed by atoms with van der Waals surface area (Å²) >= 11 is 0. The van der Waals surface area contributed by atoms with Crippen LogP contribution < -0.4 is 4.90 Å². The zero-order chi connectivity index (χ0) is 22.1. The van der Waals surface area contributed by atoms with E-state index < -0.39 is 0 Å². The van der Waals surface area contributed by atoms with Gasteiger partial charge in [-0.05, 0) is 26.4 Å². The number of carbonyl (C=O) groups excluding carboxylic acids is 2. The number of hydrogen-bond donors (Lipinski definition) is 0. The molecule has 0 radical (unpaired) electrons. The fourth-order valence-electron chi connectivity index (χ4n) is 3.38. The first-order valence-electron chi connectivity index (χ1n) is 10.1. The molecule has 0 saturated carbocycles. The second-order valence-electron chi connectivity index (χ2n) is 8.05. The van der Waals surface area contributed by atoms with E-state index >= 15 is 0 Å². The number of nitrogens with zero attached hydrogens (tertiary/aromatic N) is 6. The Labute approximate surface area is 179 Å². The number of aromatic nitrogens is 2. The summed E-state index contributed by atoms with van der Waals surface area (Å²) in [6.45, 7) is 2.89. The maximum absolute atomic E-state index is 12.7. The third-order valence-corrected chi connectivity index (χ3v) is 4.93. The highest BCUT2D eigenvalue weighted by atomic mass is 16.5. The van der Waals surface area contributed by atoms with Gasteiger partial charge in [0, 0.05) is 71.8 Å². The van der Waals surface area contributed by atoms with Crippen LogP contribution in [0.1, 0.15) is 5.69 Å². The van der Waals surface area contributed by atoms with Crippen molar-refractivity contribution in [3.05, 3.63) is 30.2 Å². The molecule has 1 aliphatic heterocycles. The maximum Gasteiger partial charge on any atom is 0.248 e. The van der Waals surface area contributed by atoms with Gasteiger partial charge >= 0.3 is 0 Å². The van der Waals surface area contributed by atoms with E-state index in [0.29, 0.717) is 39.1 Å². The van der Waals surface area contributed by atoms with Crippen LogP contribution in [0.2, 0.25) is 0 Å². The lowest BCUT2D eigenvalue weighted by Crippen LogP contribution is -2.38. The Hall–Kier alpha value is -2.52. The average molecular weight is 419 g/mol. The van der Waals surface area contributed by atoms with E-state index in [4.69, 9.17) is 4.74 Å². The summed E-state index contributed by atoms with van der Waals surface area (Å²) in [7, 11) is 9.30. The van der Waals surface area contributed by atoms with Crippen LogP contribution in [0.5, 0.6) is 0 Å². The predicted octanol–water partition coefficient (Wildman–Crippen LogP) is 0.136. The van der Waals surface area contributed by atoms with Gasteiger partial charge in [0.05, 0.1) is 0 Å². The summed E-state index contributed by atoms with van der Waals surface area (Å²) in [5.74, 6) is 0.820. The lowest BCUT2D eigenvalue weighted by atomic mass is 10.0.